The first-order chi connectivity index (χ1) is 14.1. The van der Waals surface area contributed by atoms with Gasteiger partial charge in [-0.2, -0.15) is 0 Å². The normalized spacial score (nSPS) is 13.0. The van der Waals surface area contributed by atoms with Gasteiger partial charge in [-0.3, -0.25) is 14.4 Å². The fourth-order valence-electron chi connectivity index (χ4n) is 2.84. The van der Waals surface area contributed by atoms with Gasteiger partial charge in [0.05, 0.1) is 24.4 Å². The summed E-state index contributed by atoms with van der Waals surface area (Å²) in [5.41, 5.74) is -1.68. The van der Waals surface area contributed by atoms with Crippen LogP contribution in [0.3, 0.4) is 0 Å². The lowest BCUT2D eigenvalue weighted by Gasteiger charge is -2.22. The average molecular weight is 462 g/mol. The summed E-state index contributed by atoms with van der Waals surface area (Å²) >= 11 is 6.02. The van der Waals surface area contributed by atoms with E-state index >= 15 is 0 Å². The molecule has 0 aliphatic carbocycles. The van der Waals surface area contributed by atoms with Crippen molar-refractivity contribution in [1.29, 1.82) is 0 Å². The zero-order valence-electron chi connectivity index (χ0n) is 17.0. The number of anilines is 3. The van der Waals surface area contributed by atoms with E-state index in [9.17, 15) is 23.1 Å². The van der Waals surface area contributed by atoms with Gasteiger partial charge in [0.15, 0.2) is 5.75 Å². The van der Waals surface area contributed by atoms with Gasteiger partial charge in [-0.15, -0.1) is 0 Å². The number of methoxy groups -OCH3 is 1. The number of ether oxygens (including phenoxy) is 1. The van der Waals surface area contributed by atoms with Crippen molar-refractivity contribution in [2.45, 2.75) is 31.2 Å². The Labute approximate surface area is 179 Å². The molecule has 0 aliphatic rings. The molecule has 10 nitrogen and oxygen atoms in total. The third-order valence-corrected chi connectivity index (χ3v) is 6.75. The maximum absolute atomic E-state index is 12.8. The number of benzene rings is 1. The molecule has 2 aromatic carbocycles. The fraction of sp³-hybridized carbons (Fsp3) is 0.444. The second kappa shape index (κ2) is 9.75. The first-order valence-electron chi connectivity index (χ1n) is 9.07. The predicted octanol–water partition coefficient (Wildman–Crippen LogP) is 1.79. The Hall–Kier alpha value is -2.18. The zero-order valence-corrected chi connectivity index (χ0v) is 18.6. The number of phenolic OH excluding ortho intramolecular Hbond substituents is 1. The lowest BCUT2D eigenvalue weighted by atomic mass is 10.1. The van der Waals surface area contributed by atoms with E-state index in [-0.39, 0.29) is 34.7 Å². The molecular formula is C18H24ClN3O7S. The van der Waals surface area contributed by atoms with E-state index in [0.717, 1.165) is 0 Å². The van der Waals surface area contributed by atoms with E-state index in [1.54, 1.807) is 6.92 Å². The summed E-state index contributed by atoms with van der Waals surface area (Å²) < 4.78 is 31.2. The third kappa shape index (κ3) is 4.44. The molecule has 2 aromatic rings. The number of phenols is 1. The molecule has 0 amide bonds. The Balaban J connectivity index is 2.47. The van der Waals surface area contributed by atoms with E-state index in [2.05, 4.69) is 10.6 Å². The van der Waals surface area contributed by atoms with Crippen molar-refractivity contribution in [3.05, 3.63) is 37.6 Å². The molecule has 0 heterocycles. The van der Waals surface area contributed by atoms with Crippen LogP contribution in [-0.2, 0) is 19.6 Å². The fourth-order valence-corrected chi connectivity index (χ4v) is 4.70. The maximum Gasteiger partial charge on any atom is 0.270 e. The molecule has 0 fully saturated rings. The molecule has 2 rings (SSSR count). The Morgan fingerprint density at radius 3 is 2.33 bits per heavy atom. The van der Waals surface area contributed by atoms with Gasteiger partial charge >= 0.3 is 0 Å². The molecule has 3 N–H and O–H groups in total. The van der Waals surface area contributed by atoms with E-state index < -0.39 is 31.5 Å². The summed E-state index contributed by atoms with van der Waals surface area (Å²) in [5, 5.41) is 15.9. The standard InChI is InChI=1S/C18H24ClN3O7S/c1-5-10(9-28-3)20-13-14(17(25)16(13)24)21-12-8-7-11(19)18(15(12)23)30(26,27)22(6-2)29-4/h7-8,10,20-21,23H,5-6,9H2,1-4H3. The van der Waals surface area contributed by atoms with Crippen LogP contribution in [0.15, 0.2) is 26.6 Å². The van der Waals surface area contributed by atoms with Crippen molar-refractivity contribution in [1.82, 2.24) is 4.47 Å². The highest BCUT2D eigenvalue weighted by molar-refractivity contribution is 7.89. The summed E-state index contributed by atoms with van der Waals surface area (Å²) in [6.45, 7) is 3.70. The van der Waals surface area contributed by atoms with E-state index in [0.29, 0.717) is 17.5 Å². The summed E-state index contributed by atoms with van der Waals surface area (Å²) in [4.78, 5) is 28.3. The highest BCUT2D eigenvalue weighted by Crippen LogP contribution is 2.40. The van der Waals surface area contributed by atoms with Crippen LogP contribution in [0.2, 0.25) is 5.02 Å². The largest absolute Gasteiger partial charge is 0.504 e. The molecule has 166 valence electrons. The second-order valence-corrected chi connectivity index (χ2v) is 8.49. The maximum atomic E-state index is 12.8. The Morgan fingerprint density at radius 2 is 1.80 bits per heavy atom. The van der Waals surface area contributed by atoms with Gasteiger partial charge in [-0.25, -0.2) is 8.42 Å². The average Bonchev–Trinajstić information content (AvgIpc) is 2.71. The van der Waals surface area contributed by atoms with Gasteiger partial charge in [-0.05, 0) is 25.5 Å². The number of nitrogens with one attached hydrogen (secondary N) is 2. The molecule has 0 saturated carbocycles. The molecule has 0 radical (unpaired) electrons. The van der Waals surface area contributed by atoms with Crippen LogP contribution in [0.4, 0.5) is 17.1 Å². The van der Waals surface area contributed by atoms with Crippen LogP contribution in [0, 0.1) is 0 Å². The SMILES string of the molecule is CCC(COC)Nc1c(Nc2ccc(Cl)c(S(=O)(=O)N(CC)OC)c2O)c(=O)c1=O. The number of hydrogen-bond acceptors (Lipinski definition) is 9. The van der Waals surface area contributed by atoms with Crippen LogP contribution in [0.5, 0.6) is 5.75 Å². The van der Waals surface area contributed by atoms with Crippen molar-refractivity contribution < 1.29 is 23.1 Å². The third-order valence-electron chi connectivity index (χ3n) is 4.45. The van der Waals surface area contributed by atoms with Crippen molar-refractivity contribution in [3.63, 3.8) is 0 Å². The van der Waals surface area contributed by atoms with Crippen molar-refractivity contribution in [3.8, 4) is 5.75 Å². The lowest BCUT2D eigenvalue weighted by molar-refractivity contribution is -0.0443. The minimum absolute atomic E-state index is 0.0314. The topological polar surface area (TPSA) is 134 Å². The highest BCUT2D eigenvalue weighted by atomic mass is 35.5. The molecule has 1 atom stereocenters. The van der Waals surface area contributed by atoms with Crippen molar-refractivity contribution >= 4 is 38.7 Å². The summed E-state index contributed by atoms with van der Waals surface area (Å²) in [6.07, 6.45) is 0.630. The second-order valence-electron chi connectivity index (χ2n) is 6.32. The van der Waals surface area contributed by atoms with Gasteiger partial charge < -0.3 is 20.5 Å². The number of hydroxylamine groups is 1. The molecular weight excluding hydrogens is 438 g/mol. The van der Waals surface area contributed by atoms with E-state index in [1.807, 2.05) is 6.92 Å². The number of hydrogen-bond donors (Lipinski definition) is 3. The predicted molar refractivity (Wildman–Crippen MR) is 114 cm³/mol. The van der Waals surface area contributed by atoms with E-state index in [4.69, 9.17) is 21.2 Å². The van der Waals surface area contributed by atoms with Crippen LogP contribution in [0.25, 0.3) is 0 Å². The van der Waals surface area contributed by atoms with Crippen LogP contribution >= 0.6 is 11.6 Å². The molecule has 12 heteroatoms. The van der Waals surface area contributed by atoms with Crippen molar-refractivity contribution in [2.24, 2.45) is 0 Å². The number of nitrogens with zero attached hydrogens (tertiary/aromatic N) is 1. The molecule has 30 heavy (non-hydrogen) atoms. The van der Waals surface area contributed by atoms with Gasteiger partial charge in [-0.1, -0.05) is 23.0 Å². The number of sulfonamides is 1. The minimum atomic E-state index is -4.29. The molecule has 0 bridgehead atoms. The Morgan fingerprint density at radius 1 is 1.17 bits per heavy atom. The van der Waals surface area contributed by atoms with Gasteiger partial charge in [0.2, 0.25) is 0 Å². The van der Waals surface area contributed by atoms with Gasteiger partial charge in [0.25, 0.3) is 20.9 Å². The Bertz CT molecular complexity index is 1080. The molecule has 0 aromatic heterocycles. The summed E-state index contributed by atoms with van der Waals surface area (Å²) in [5.74, 6) is -0.707. The first kappa shape index (κ1) is 24.1. The van der Waals surface area contributed by atoms with Crippen LogP contribution in [0.1, 0.15) is 20.3 Å². The lowest BCUT2D eigenvalue weighted by Crippen LogP contribution is -2.40. The highest BCUT2D eigenvalue weighted by Gasteiger charge is 2.32. The van der Waals surface area contributed by atoms with Gasteiger partial charge in [0, 0.05) is 19.7 Å². The summed E-state index contributed by atoms with van der Waals surface area (Å²) in [6, 6.07) is 2.33. The number of aromatic hydroxyl groups is 1. The monoisotopic (exact) mass is 461 g/mol. The molecule has 0 saturated heterocycles. The zero-order chi connectivity index (χ0) is 22.6. The molecule has 1 unspecified atom stereocenters. The smallest absolute Gasteiger partial charge is 0.270 e. The van der Waals surface area contributed by atoms with Crippen molar-refractivity contribution in [2.75, 3.05) is 38.0 Å². The number of rotatable bonds is 11. The van der Waals surface area contributed by atoms with Crippen LogP contribution < -0.4 is 21.5 Å². The molecule has 0 aliphatic heterocycles. The Kier molecular flexibility index (Phi) is 7.83. The van der Waals surface area contributed by atoms with Crippen LogP contribution in [-0.4, -0.2) is 51.4 Å². The molecule has 0 spiro atoms. The first-order valence-corrected chi connectivity index (χ1v) is 10.9. The summed E-state index contributed by atoms with van der Waals surface area (Å²) in [7, 11) is -1.61. The number of halogens is 1. The van der Waals surface area contributed by atoms with Gasteiger partial charge in [0.1, 0.15) is 16.3 Å². The van der Waals surface area contributed by atoms with E-state index in [1.165, 1.54) is 26.4 Å². The quantitative estimate of drug-likeness (QED) is 0.260. The minimum Gasteiger partial charge on any atom is -0.504 e.